The monoisotopic (exact) mass is 290 g/mol. The van der Waals surface area contributed by atoms with Crippen molar-refractivity contribution in [1.82, 2.24) is 15.0 Å². The van der Waals surface area contributed by atoms with Gasteiger partial charge in [0, 0.05) is 29.5 Å². The third kappa shape index (κ3) is 3.32. The number of carbonyl (C=O) groups excluding carboxylic acids is 1. The maximum atomic E-state index is 11.9. The Morgan fingerprint density at radius 3 is 2.82 bits per heavy atom. The molecule has 1 N–H and O–H groups in total. The van der Waals surface area contributed by atoms with E-state index in [9.17, 15) is 4.79 Å². The van der Waals surface area contributed by atoms with Gasteiger partial charge in [0.1, 0.15) is 5.82 Å². The number of nitrogens with one attached hydrogen (secondary N) is 1. The number of rotatable bonds is 3. The highest BCUT2D eigenvalue weighted by molar-refractivity contribution is 6.01. The highest BCUT2D eigenvalue weighted by Gasteiger charge is 2.02. The first kappa shape index (κ1) is 13.9. The summed E-state index contributed by atoms with van der Waals surface area (Å²) < 4.78 is 0. The SMILES string of the molecule is Cc1ccc2ccc(NC(=O)/C=C/c3cccnc3)nc2n1. The second-order valence-corrected chi connectivity index (χ2v) is 4.80. The lowest BCUT2D eigenvalue weighted by Crippen LogP contribution is -2.09. The smallest absolute Gasteiger partial charge is 0.249 e. The van der Waals surface area contributed by atoms with E-state index in [1.165, 1.54) is 6.08 Å². The Kier molecular flexibility index (Phi) is 3.87. The normalized spacial score (nSPS) is 11.0. The van der Waals surface area contributed by atoms with Crippen LogP contribution in [-0.4, -0.2) is 20.9 Å². The van der Waals surface area contributed by atoms with Crippen LogP contribution in [0.3, 0.4) is 0 Å². The number of carbonyl (C=O) groups is 1. The lowest BCUT2D eigenvalue weighted by molar-refractivity contribution is -0.111. The van der Waals surface area contributed by atoms with Gasteiger partial charge in [-0.15, -0.1) is 0 Å². The summed E-state index contributed by atoms with van der Waals surface area (Å²) in [4.78, 5) is 24.6. The number of nitrogens with zero attached hydrogens (tertiary/aromatic N) is 3. The Balaban J connectivity index is 1.75. The van der Waals surface area contributed by atoms with Gasteiger partial charge < -0.3 is 5.32 Å². The molecule has 0 atom stereocenters. The van der Waals surface area contributed by atoms with E-state index in [-0.39, 0.29) is 5.91 Å². The molecule has 0 radical (unpaired) electrons. The number of aromatic nitrogens is 3. The van der Waals surface area contributed by atoms with Gasteiger partial charge in [-0.3, -0.25) is 9.78 Å². The lowest BCUT2D eigenvalue weighted by atomic mass is 10.2. The lowest BCUT2D eigenvalue weighted by Gasteiger charge is -2.03. The van der Waals surface area contributed by atoms with Crippen molar-refractivity contribution in [2.45, 2.75) is 6.92 Å². The van der Waals surface area contributed by atoms with Crippen molar-refractivity contribution in [1.29, 1.82) is 0 Å². The topological polar surface area (TPSA) is 67.8 Å². The van der Waals surface area contributed by atoms with Crippen LogP contribution in [-0.2, 0) is 4.79 Å². The molecule has 3 rings (SSSR count). The van der Waals surface area contributed by atoms with Crippen molar-refractivity contribution in [3.05, 3.63) is 66.1 Å². The number of hydrogen-bond acceptors (Lipinski definition) is 4. The molecule has 5 nitrogen and oxygen atoms in total. The number of anilines is 1. The van der Waals surface area contributed by atoms with E-state index in [2.05, 4.69) is 20.3 Å². The first-order valence-corrected chi connectivity index (χ1v) is 6.84. The molecule has 3 aromatic heterocycles. The number of pyridine rings is 3. The minimum Gasteiger partial charge on any atom is -0.307 e. The number of hydrogen-bond donors (Lipinski definition) is 1. The zero-order valence-electron chi connectivity index (χ0n) is 12.0. The second-order valence-electron chi connectivity index (χ2n) is 4.80. The molecule has 3 heterocycles. The summed E-state index contributed by atoms with van der Waals surface area (Å²) in [5, 5.41) is 3.67. The molecule has 0 fully saturated rings. The van der Waals surface area contributed by atoms with Crippen molar-refractivity contribution in [2.24, 2.45) is 0 Å². The molecular formula is C17H14N4O. The molecule has 5 heteroatoms. The molecule has 0 spiro atoms. The molecule has 0 aliphatic carbocycles. The summed E-state index contributed by atoms with van der Waals surface area (Å²) in [7, 11) is 0. The molecule has 108 valence electrons. The molecule has 0 saturated heterocycles. The van der Waals surface area contributed by atoms with Crippen LogP contribution in [0.2, 0.25) is 0 Å². The van der Waals surface area contributed by atoms with Crippen LogP contribution in [0.5, 0.6) is 0 Å². The molecule has 1 amide bonds. The standard InChI is InChI=1S/C17H14N4O/c1-12-4-6-14-7-8-15(21-17(14)19-12)20-16(22)9-5-13-3-2-10-18-11-13/h2-11H,1H3,(H,19,20,21,22)/b9-5+. The summed E-state index contributed by atoms with van der Waals surface area (Å²) in [6, 6.07) is 11.2. The second kappa shape index (κ2) is 6.13. The quantitative estimate of drug-likeness (QED) is 0.753. The van der Waals surface area contributed by atoms with Gasteiger partial charge in [-0.25, -0.2) is 9.97 Å². The van der Waals surface area contributed by atoms with Gasteiger partial charge in [0.15, 0.2) is 5.65 Å². The molecule has 0 unspecified atom stereocenters. The fourth-order valence-electron chi connectivity index (χ4n) is 1.98. The number of fused-ring (bicyclic) bond motifs is 1. The van der Waals surface area contributed by atoms with Gasteiger partial charge in [0.2, 0.25) is 5.91 Å². The van der Waals surface area contributed by atoms with Crippen molar-refractivity contribution >= 4 is 28.8 Å². The Hall–Kier alpha value is -3.08. The summed E-state index contributed by atoms with van der Waals surface area (Å²) >= 11 is 0. The zero-order valence-corrected chi connectivity index (χ0v) is 12.0. The van der Waals surface area contributed by atoms with E-state index in [1.54, 1.807) is 24.5 Å². The molecule has 0 aliphatic heterocycles. The molecule has 0 bridgehead atoms. The van der Waals surface area contributed by atoms with E-state index >= 15 is 0 Å². The first-order valence-electron chi connectivity index (χ1n) is 6.84. The fourth-order valence-corrected chi connectivity index (χ4v) is 1.98. The highest BCUT2D eigenvalue weighted by atomic mass is 16.1. The molecular weight excluding hydrogens is 276 g/mol. The van der Waals surface area contributed by atoms with Crippen LogP contribution < -0.4 is 5.32 Å². The van der Waals surface area contributed by atoms with Crippen LogP contribution in [0.1, 0.15) is 11.3 Å². The number of aryl methyl sites for hydroxylation is 1. The Labute approximate surface area is 127 Å². The van der Waals surface area contributed by atoms with Gasteiger partial charge >= 0.3 is 0 Å². The summed E-state index contributed by atoms with van der Waals surface area (Å²) in [6.45, 7) is 1.91. The first-order chi connectivity index (χ1) is 10.7. The van der Waals surface area contributed by atoms with Crippen LogP contribution in [0.4, 0.5) is 5.82 Å². The van der Waals surface area contributed by atoms with E-state index in [4.69, 9.17) is 0 Å². The van der Waals surface area contributed by atoms with Crippen molar-refractivity contribution in [3.8, 4) is 0 Å². The van der Waals surface area contributed by atoms with Crippen LogP contribution in [0, 0.1) is 6.92 Å². The molecule has 3 aromatic rings. The van der Waals surface area contributed by atoms with Gasteiger partial charge in [-0.1, -0.05) is 6.07 Å². The van der Waals surface area contributed by atoms with E-state index in [1.807, 2.05) is 37.3 Å². The van der Waals surface area contributed by atoms with Crippen LogP contribution in [0.25, 0.3) is 17.1 Å². The fraction of sp³-hybridized carbons (Fsp3) is 0.0588. The predicted octanol–water partition coefficient (Wildman–Crippen LogP) is 2.99. The van der Waals surface area contributed by atoms with E-state index < -0.39 is 0 Å². The molecule has 0 aliphatic rings. The van der Waals surface area contributed by atoms with E-state index in [0.29, 0.717) is 11.5 Å². The molecule has 22 heavy (non-hydrogen) atoms. The summed E-state index contributed by atoms with van der Waals surface area (Å²) in [5.41, 5.74) is 2.37. The zero-order chi connectivity index (χ0) is 15.4. The summed E-state index contributed by atoms with van der Waals surface area (Å²) in [5.74, 6) is 0.231. The van der Waals surface area contributed by atoms with Gasteiger partial charge in [0.25, 0.3) is 0 Å². The van der Waals surface area contributed by atoms with Crippen LogP contribution in [0.15, 0.2) is 54.9 Å². The van der Waals surface area contributed by atoms with Gasteiger partial charge in [-0.05, 0) is 48.9 Å². The average molecular weight is 290 g/mol. The maximum Gasteiger partial charge on any atom is 0.249 e. The minimum absolute atomic E-state index is 0.247. The predicted molar refractivity (Wildman–Crippen MR) is 86.2 cm³/mol. The van der Waals surface area contributed by atoms with Gasteiger partial charge in [0.05, 0.1) is 0 Å². The Bertz CT molecular complexity index is 844. The molecule has 0 aromatic carbocycles. The summed E-state index contributed by atoms with van der Waals surface area (Å²) in [6.07, 6.45) is 6.52. The Morgan fingerprint density at radius 2 is 2.00 bits per heavy atom. The van der Waals surface area contributed by atoms with Crippen molar-refractivity contribution in [2.75, 3.05) is 5.32 Å². The maximum absolute atomic E-state index is 11.9. The molecule has 0 saturated carbocycles. The largest absolute Gasteiger partial charge is 0.307 e. The Morgan fingerprint density at radius 1 is 1.14 bits per heavy atom. The average Bonchev–Trinajstić information content (AvgIpc) is 2.53. The van der Waals surface area contributed by atoms with E-state index in [0.717, 1.165) is 16.6 Å². The third-order valence-electron chi connectivity index (χ3n) is 3.05. The highest BCUT2D eigenvalue weighted by Crippen LogP contribution is 2.13. The third-order valence-corrected chi connectivity index (χ3v) is 3.05. The van der Waals surface area contributed by atoms with Crippen molar-refractivity contribution in [3.63, 3.8) is 0 Å². The van der Waals surface area contributed by atoms with Crippen molar-refractivity contribution < 1.29 is 4.79 Å². The number of amides is 1. The van der Waals surface area contributed by atoms with Gasteiger partial charge in [-0.2, -0.15) is 0 Å². The minimum atomic E-state index is -0.247. The van der Waals surface area contributed by atoms with Crippen LogP contribution >= 0.6 is 0 Å².